The molecule has 0 atom stereocenters. The Labute approximate surface area is 237 Å². The molecule has 1 fully saturated rings. The lowest BCUT2D eigenvalue weighted by Gasteiger charge is -2.15. The molecule has 4 aromatic carbocycles. The quantitative estimate of drug-likeness (QED) is 0.200. The third-order valence-corrected chi connectivity index (χ3v) is 8.27. The van der Waals surface area contributed by atoms with E-state index in [0.29, 0.717) is 23.2 Å². The Kier molecular flexibility index (Phi) is 7.10. The molecule has 1 saturated heterocycles. The number of hydrogen-bond acceptors (Lipinski definition) is 3. The fourth-order valence-electron chi connectivity index (χ4n) is 4.88. The number of amidine groups is 1. The van der Waals surface area contributed by atoms with Crippen LogP contribution in [0, 0.1) is 6.92 Å². The molecule has 192 valence electrons. The van der Waals surface area contributed by atoms with Gasteiger partial charge in [0.25, 0.3) is 5.91 Å². The highest BCUT2D eigenvalue weighted by Crippen LogP contribution is 2.38. The Balaban J connectivity index is 1.43. The molecule has 0 aliphatic carbocycles. The van der Waals surface area contributed by atoms with Crippen molar-refractivity contribution in [2.24, 2.45) is 4.99 Å². The maximum atomic E-state index is 13.8. The molecule has 5 aromatic rings. The monoisotopic (exact) mass is 547 g/mol. The van der Waals surface area contributed by atoms with E-state index in [-0.39, 0.29) is 5.91 Å². The first-order chi connectivity index (χ1) is 19.1. The first kappa shape index (κ1) is 25.2. The van der Waals surface area contributed by atoms with E-state index >= 15 is 0 Å². The molecule has 39 heavy (non-hydrogen) atoms. The minimum atomic E-state index is -0.0409. The summed E-state index contributed by atoms with van der Waals surface area (Å²) in [5.74, 6) is -0.0409. The number of halogens is 1. The lowest BCUT2D eigenvalue weighted by Crippen LogP contribution is -2.28. The van der Waals surface area contributed by atoms with Crippen LogP contribution >= 0.6 is 23.4 Å². The number of fused-ring (bicyclic) bond motifs is 1. The number of aliphatic imine (C=N–C) groups is 1. The molecule has 0 N–H and O–H groups in total. The average Bonchev–Trinajstić information content (AvgIpc) is 3.39. The predicted octanol–water partition coefficient (Wildman–Crippen LogP) is 8.46. The molecule has 1 aromatic heterocycles. The second-order valence-corrected chi connectivity index (χ2v) is 10.8. The predicted molar refractivity (Wildman–Crippen MR) is 163 cm³/mol. The van der Waals surface area contributed by atoms with Crippen molar-refractivity contribution >= 4 is 57.1 Å². The average molecular weight is 548 g/mol. The Morgan fingerprint density at radius 2 is 1.49 bits per heavy atom. The second-order valence-electron chi connectivity index (χ2n) is 9.41. The SMILES string of the molecule is Cc1c(/C=C2/SC(=Nc3ccccc3)N(Cc3ccccc3)C2=O)c2ccccc2n1Cc1ccccc1Cl. The van der Waals surface area contributed by atoms with Crippen molar-refractivity contribution in [3.63, 3.8) is 0 Å². The van der Waals surface area contributed by atoms with Crippen molar-refractivity contribution in [1.82, 2.24) is 9.47 Å². The zero-order valence-corrected chi connectivity index (χ0v) is 23.0. The van der Waals surface area contributed by atoms with Gasteiger partial charge in [0, 0.05) is 33.7 Å². The van der Waals surface area contributed by atoms with Crippen LogP contribution in [-0.4, -0.2) is 20.5 Å². The molecule has 0 bridgehead atoms. The van der Waals surface area contributed by atoms with Gasteiger partial charge < -0.3 is 4.57 Å². The van der Waals surface area contributed by atoms with Crippen LogP contribution in [0.25, 0.3) is 17.0 Å². The zero-order valence-electron chi connectivity index (χ0n) is 21.4. The molecular formula is C33H26ClN3OS. The molecule has 0 radical (unpaired) electrons. The highest BCUT2D eigenvalue weighted by Gasteiger charge is 2.34. The number of benzene rings is 4. The molecule has 0 spiro atoms. The number of amides is 1. The summed E-state index contributed by atoms with van der Waals surface area (Å²) < 4.78 is 2.27. The molecule has 1 amide bonds. The van der Waals surface area contributed by atoms with Gasteiger partial charge in [-0.1, -0.05) is 96.5 Å². The van der Waals surface area contributed by atoms with Crippen molar-refractivity contribution in [1.29, 1.82) is 0 Å². The largest absolute Gasteiger partial charge is 0.340 e. The Morgan fingerprint density at radius 3 is 2.26 bits per heavy atom. The molecular weight excluding hydrogens is 522 g/mol. The number of carbonyl (C=O) groups excluding carboxylic acids is 1. The first-order valence-corrected chi connectivity index (χ1v) is 14.0. The molecule has 1 aliphatic heterocycles. The Hall–Kier alpha value is -4.06. The number of rotatable bonds is 6. The summed E-state index contributed by atoms with van der Waals surface area (Å²) in [5, 5.41) is 2.53. The smallest absolute Gasteiger partial charge is 0.267 e. The van der Waals surface area contributed by atoms with E-state index in [9.17, 15) is 4.79 Å². The molecule has 0 unspecified atom stereocenters. The second kappa shape index (κ2) is 11.0. The summed E-state index contributed by atoms with van der Waals surface area (Å²) in [6, 6.07) is 36.1. The van der Waals surface area contributed by atoms with Crippen LogP contribution < -0.4 is 0 Å². The van der Waals surface area contributed by atoms with Gasteiger partial charge in [0.15, 0.2) is 5.17 Å². The van der Waals surface area contributed by atoms with Gasteiger partial charge in [0.05, 0.1) is 17.1 Å². The van der Waals surface area contributed by atoms with E-state index < -0.39 is 0 Å². The molecule has 2 heterocycles. The molecule has 6 heteroatoms. The number of aromatic nitrogens is 1. The van der Waals surface area contributed by atoms with Crippen molar-refractivity contribution in [3.05, 3.63) is 142 Å². The van der Waals surface area contributed by atoms with Gasteiger partial charge in [-0.15, -0.1) is 0 Å². The van der Waals surface area contributed by atoms with Crippen molar-refractivity contribution in [2.75, 3.05) is 0 Å². The van der Waals surface area contributed by atoms with Crippen molar-refractivity contribution < 1.29 is 4.79 Å². The first-order valence-electron chi connectivity index (χ1n) is 12.8. The number of thioether (sulfide) groups is 1. The summed E-state index contributed by atoms with van der Waals surface area (Å²) in [6.45, 7) is 3.22. The van der Waals surface area contributed by atoms with E-state index in [0.717, 1.165) is 44.0 Å². The number of carbonyl (C=O) groups is 1. The van der Waals surface area contributed by atoms with E-state index in [4.69, 9.17) is 16.6 Å². The van der Waals surface area contributed by atoms with Crippen LogP contribution in [-0.2, 0) is 17.9 Å². The van der Waals surface area contributed by atoms with Crippen LogP contribution in [0.5, 0.6) is 0 Å². The van der Waals surface area contributed by atoms with Crippen LogP contribution in [0.4, 0.5) is 5.69 Å². The topological polar surface area (TPSA) is 37.6 Å². The summed E-state index contributed by atoms with van der Waals surface area (Å²) in [6.07, 6.45) is 2.03. The standard InChI is InChI=1S/C33H26ClN3OS/c1-23-28(27-17-9-11-19-30(27)36(23)22-25-14-8-10-18-29(25)34)20-31-32(38)37(21-24-12-4-2-5-13-24)33(39-31)35-26-15-6-3-7-16-26/h2-20H,21-22H2,1H3/b31-20+,35-33?. The Morgan fingerprint density at radius 1 is 0.821 bits per heavy atom. The van der Waals surface area contributed by atoms with Gasteiger partial charge in [-0.3, -0.25) is 9.69 Å². The summed E-state index contributed by atoms with van der Waals surface area (Å²) >= 11 is 7.94. The van der Waals surface area contributed by atoms with Gasteiger partial charge >= 0.3 is 0 Å². The third-order valence-electron chi connectivity index (χ3n) is 6.89. The summed E-state index contributed by atoms with van der Waals surface area (Å²) in [4.78, 5) is 21.1. The van der Waals surface area contributed by atoms with Crippen molar-refractivity contribution in [3.8, 4) is 0 Å². The van der Waals surface area contributed by atoms with Gasteiger partial charge in [-0.05, 0) is 60.2 Å². The summed E-state index contributed by atoms with van der Waals surface area (Å²) in [7, 11) is 0. The van der Waals surface area contributed by atoms with Gasteiger partial charge in [0.1, 0.15) is 0 Å². The number of hydrogen-bond donors (Lipinski definition) is 0. The van der Waals surface area contributed by atoms with E-state index in [1.54, 1.807) is 4.90 Å². The lowest BCUT2D eigenvalue weighted by molar-refractivity contribution is -0.122. The van der Waals surface area contributed by atoms with Crippen LogP contribution in [0.1, 0.15) is 22.4 Å². The summed E-state index contributed by atoms with van der Waals surface area (Å²) in [5.41, 5.74) is 6.16. The zero-order chi connectivity index (χ0) is 26.8. The molecule has 1 aliphatic rings. The molecule has 0 saturated carbocycles. The maximum Gasteiger partial charge on any atom is 0.267 e. The van der Waals surface area contributed by atoms with E-state index in [1.807, 2.05) is 97.1 Å². The van der Waals surface area contributed by atoms with Crippen LogP contribution in [0.2, 0.25) is 5.02 Å². The van der Waals surface area contributed by atoms with E-state index in [1.165, 1.54) is 11.8 Å². The van der Waals surface area contributed by atoms with Gasteiger partial charge in [-0.2, -0.15) is 0 Å². The minimum Gasteiger partial charge on any atom is -0.340 e. The normalized spacial score (nSPS) is 15.6. The molecule has 6 rings (SSSR count). The van der Waals surface area contributed by atoms with Gasteiger partial charge in [-0.25, -0.2) is 4.99 Å². The van der Waals surface area contributed by atoms with Gasteiger partial charge in [0.2, 0.25) is 0 Å². The van der Waals surface area contributed by atoms with Crippen LogP contribution in [0.3, 0.4) is 0 Å². The minimum absolute atomic E-state index is 0.0409. The van der Waals surface area contributed by atoms with Crippen molar-refractivity contribution in [2.45, 2.75) is 20.0 Å². The lowest BCUT2D eigenvalue weighted by atomic mass is 10.1. The van der Waals surface area contributed by atoms with Crippen LogP contribution in [0.15, 0.2) is 119 Å². The number of para-hydroxylation sites is 2. The maximum absolute atomic E-state index is 13.8. The Bertz CT molecular complexity index is 1720. The third kappa shape index (κ3) is 5.16. The fourth-order valence-corrected chi connectivity index (χ4v) is 6.06. The fraction of sp³-hybridized carbons (Fsp3) is 0.0909. The molecule has 4 nitrogen and oxygen atoms in total. The highest BCUT2D eigenvalue weighted by atomic mass is 35.5. The van der Waals surface area contributed by atoms with E-state index in [2.05, 4.69) is 29.7 Å². The highest BCUT2D eigenvalue weighted by molar-refractivity contribution is 8.18. The number of nitrogens with zero attached hydrogens (tertiary/aromatic N) is 3.